The molecular formula is C12H16N6O2. The molecule has 1 atom stereocenters. The molecule has 1 fully saturated rings. The van der Waals surface area contributed by atoms with Gasteiger partial charge in [-0.1, -0.05) is 0 Å². The number of aromatic nitrogens is 1. The highest BCUT2D eigenvalue weighted by atomic mass is 16.6. The molecule has 0 radical (unpaired) electrons. The van der Waals surface area contributed by atoms with Crippen molar-refractivity contribution in [1.82, 2.24) is 9.88 Å². The number of nitrogens with two attached hydrogens (primary N) is 1. The first-order valence-corrected chi connectivity index (χ1v) is 6.27. The topological polar surface area (TPSA) is 112 Å². The van der Waals surface area contributed by atoms with Gasteiger partial charge in [-0.15, -0.1) is 0 Å². The summed E-state index contributed by atoms with van der Waals surface area (Å²) in [6.07, 6.45) is 0. The SMILES string of the molecule is CN1CCN(c2ccc([N+](=O)[O-])c(C#N)n2)C(CN)C1. The van der Waals surface area contributed by atoms with E-state index in [2.05, 4.69) is 9.88 Å². The van der Waals surface area contributed by atoms with Crippen LogP contribution in [0.2, 0.25) is 0 Å². The molecule has 1 unspecified atom stereocenters. The fourth-order valence-electron chi connectivity index (χ4n) is 2.35. The zero-order valence-electron chi connectivity index (χ0n) is 11.2. The van der Waals surface area contributed by atoms with Gasteiger partial charge in [0.05, 0.1) is 11.0 Å². The van der Waals surface area contributed by atoms with Gasteiger partial charge in [-0.2, -0.15) is 5.26 Å². The molecule has 106 valence electrons. The molecule has 0 spiro atoms. The van der Waals surface area contributed by atoms with Gasteiger partial charge in [0.25, 0.3) is 0 Å². The third-order valence-electron chi connectivity index (χ3n) is 3.41. The zero-order valence-corrected chi connectivity index (χ0v) is 11.2. The molecule has 2 heterocycles. The summed E-state index contributed by atoms with van der Waals surface area (Å²) >= 11 is 0. The summed E-state index contributed by atoms with van der Waals surface area (Å²) < 4.78 is 0. The number of hydrogen-bond donors (Lipinski definition) is 1. The lowest BCUT2D eigenvalue weighted by atomic mass is 10.1. The van der Waals surface area contributed by atoms with Gasteiger partial charge in [-0.25, -0.2) is 4.98 Å². The lowest BCUT2D eigenvalue weighted by Gasteiger charge is -2.40. The summed E-state index contributed by atoms with van der Waals surface area (Å²) in [7, 11) is 2.02. The van der Waals surface area contributed by atoms with E-state index in [1.54, 1.807) is 12.1 Å². The number of likely N-dealkylation sites (N-methyl/N-ethyl adjacent to an activating group) is 1. The number of anilines is 1. The Morgan fingerprint density at radius 2 is 2.35 bits per heavy atom. The van der Waals surface area contributed by atoms with Gasteiger partial charge in [0, 0.05) is 32.2 Å². The van der Waals surface area contributed by atoms with Crippen LogP contribution in [-0.2, 0) is 0 Å². The van der Waals surface area contributed by atoms with Gasteiger partial charge < -0.3 is 15.5 Å². The zero-order chi connectivity index (χ0) is 14.7. The minimum atomic E-state index is -0.597. The van der Waals surface area contributed by atoms with E-state index in [0.29, 0.717) is 12.4 Å². The van der Waals surface area contributed by atoms with Gasteiger partial charge in [-0.3, -0.25) is 10.1 Å². The second-order valence-electron chi connectivity index (χ2n) is 4.75. The van der Waals surface area contributed by atoms with Crippen LogP contribution in [0.25, 0.3) is 0 Å². The number of piperazine rings is 1. The maximum atomic E-state index is 10.8. The van der Waals surface area contributed by atoms with E-state index in [1.807, 2.05) is 11.9 Å². The number of pyridine rings is 1. The van der Waals surface area contributed by atoms with Gasteiger partial charge in [-0.05, 0) is 13.1 Å². The maximum Gasteiger partial charge on any atom is 0.305 e. The standard InChI is InChI=1S/C12H16N6O2/c1-16-4-5-17(9(6-13)8-16)12-3-2-11(18(19)20)10(7-14)15-12/h2-3,9H,4-6,8,13H2,1H3. The minimum Gasteiger partial charge on any atom is -0.350 e. The third-order valence-corrected chi connectivity index (χ3v) is 3.41. The quantitative estimate of drug-likeness (QED) is 0.607. The van der Waals surface area contributed by atoms with E-state index in [0.717, 1.165) is 19.6 Å². The molecule has 2 N–H and O–H groups in total. The molecule has 1 aromatic heterocycles. The maximum absolute atomic E-state index is 10.8. The molecule has 0 aromatic carbocycles. The normalized spacial score (nSPS) is 19.6. The Hall–Kier alpha value is -2.24. The summed E-state index contributed by atoms with van der Waals surface area (Å²) in [5.41, 5.74) is 5.34. The summed E-state index contributed by atoms with van der Waals surface area (Å²) in [4.78, 5) is 18.5. The fraction of sp³-hybridized carbons (Fsp3) is 0.500. The Morgan fingerprint density at radius 1 is 1.60 bits per heavy atom. The summed E-state index contributed by atoms with van der Waals surface area (Å²) in [5, 5.41) is 19.8. The van der Waals surface area contributed by atoms with Crippen LogP contribution in [0.3, 0.4) is 0 Å². The highest BCUT2D eigenvalue weighted by molar-refractivity contribution is 5.52. The first-order valence-electron chi connectivity index (χ1n) is 6.27. The first-order chi connectivity index (χ1) is 9.56. The molecule has 8 heteroatoms. The second kappa shape index (κ2) is 5.81. The van der Waals surface area contributed by atoms with Crippen molar-refractivity contribution >= 4 is 11.5 Å². The van der Waals surface area contributed by atoms with Crippen LogP contribution in [0.5, 0.6) is 0 Å². The van der Waals surface area contributed by atoms with Gasteiger partial charge in [0.1, 0.15) is 11.9 Å². The molecule has 0 aliphatic carbocycles. The molecule has 1 aliphatic rings. The largest absolute Gasteiger partial charge is 0.350 e. The van der Waals surface area contributed by atoms with E-state index in [9.17, 15) is 10.1 Å². The number of nitriles is 1. The molecule has 0 bridgehead atoms. The molecular weight excluding hydrogens is 260 g/mol. The van der Waals surface area contributed by atoms with E-state index in [4.69, 9.17) is 11.0 Å². The number of rotatable bonds is 3. The van der Waals surface area contributed by atoms with Crippen LogP contribution in [-0.4, -0.2) is 54.1 Å². The van der Waals surface area contributed by atoms with Crippen LogP contribution in [0.15, 0.2) is 12.1 Å². The van der Waals surface area contributed by atoms with Crippen molar-refractivity contribution in [3.8, 4) is 6.07 Å². The Labute approximate surface area is 116 Å². The first kappa shape index (κ1) is 14.2. The van der Waals surface area contributed by atoms with Crippen molar-refractivity contribution in [2.24, 2.45) is 5.73 Å². The molecule has 0 amide bonds. The Kier molecular flexibility index (Phi) is 4.12. The number of nitrogens with zero attached hydrogens (tertiary/aromatic N) is 5. The minimum absolute atomic E-state index is 0.0919. The van der Waals surface area contributed by atoms with Crippen LogP contribution in [0.4, 0.5) is 11.5 Å². The van der Waals surface area contributed by atoms with Crippen LogP contribution in [0.1, 0.15) is 5.69 Å². The van der Waals surface area contributed by atoms with Crippen molar-refractivity contribution in [3.05, 3.63) is 27.9 Å². The van der Waals surface area contributed by atoms with Gasteiger partial charge >= 0.3 is 5.69 Å². The van der Waals surface area contributed by atoms with Crippen LogP contribution < -0.4 is 10.6 Å². The van der Waals surface area contributed by atoms with E-state index >= 15 is 0 Å². The van der Waals surface area contributed by atoms with Crippen molar-refractivity contribution in [2.75, 3.05) is 38.1 Å². The summed E-state index contributed by atoms with van der Waals surface area (Å²) in [5.74, 6) is 0.565. The molecule has 1 saturated heterocycles. The van der Waals surface area contributed by atoms with Crippen LogP contribution >= 0.6 is 0 Å². The highest BCUT2D eigenvalue weighted by Gasteiger charge is 2.26. The van der Waals surface area contributed by atoms with E-state index < -0.39 is 4.92 Å². The average molecular weight is 276 g/mol. The molecule has 2 rings (SSSR count). The molecule has 20 heavy (non-hydrogen) atoms. The predicted octanol–water partition coefficient (Wildman–Crippen LogP) is -0.0594. The monoisotopic (exact) mass is 276 g/mol. The van der Waals surface area contributed by atoms with E-state index in [-0.39, 0.29) is 17.4 Å². The highest BCUT2D eigenvalue weighted by Crippen LogP contribution is 2.23. The second-order valence-corrected chi connectivity index (χ2v) is 4.75. The smallest absolute Gasteiger partial charge is 0.305 e. The third kappa shape index (κ3) is 2.68. The van der Waals surface area contributed by atoms with Crippen molar-refractivity contribution in [3.63, 3.8) is 0 Å². The van der Waals surface area contributed by atoms with Crippen molar-refractivity contribution < 1.29 is 4.92 Å². The molecule has 1 aromatic rings. The molecule has 1 aliphatic heterocycles. The lowest BCUT2D eigenvalue weighted by Crippen LogP contribution is -2.55. The molecule has 8 nitrogen and oxygen atoms in total. The predicted molar refractivity (Wildman–Crippen MR) is 73.3 cm³/mol. The fourth-order valence-corrected chi connectivity index (χ4v) is 2.35. The van der Waals surface area contributed by atoms with Crippen LogP contribution in [0, 0.1) is 21.4 Å². The van der Waals surface area contributed by atoms with Crippen molar-refractivity contribution in [1.29, 1.82) is 5.26 Å². The van der Waals surface area contributed by atoms with Crippen molar-refractivity contribution in [2.45, 2.75) is 6.04 Å². The van der Waals surface area contributed by atoms with Gasteiger partial charge in [0.15, 0.2) is 0 Å². The van der Waals surface area contributed by atoms with Gasteiger partial charge in [0.2, 0.25) is 5.69 Å². The lowest BCUT2D eigenvalue weighted by molar-refractivity contribution is -0.385. The average Bonchev–Trinajstić information content (AvgIpc) is 2.46. The molecule has 0 saturated carbocycles. The Morgan fingerprint density at radius 3 is 2.95 bits per heavy atom. The number of nitro groups is 1. The van der Waals surface area contributed by atoms with E-state index in [1.165, 1.54) is 6.07 Å². The number of hydrogen-bond acceptors (Lipinski definition) is 7. The Bertz CT molecular complexity index is 555. The summed E-state index contributed by atoms with van der Waals surface area (Å²) in [6.45, 7) is 2.85. The summed E-state index contributed by atoms with van der Waals surface area (Å²) in [6, 6.07) is 4.77. The Balaban J connectivity index is 2.33.